The number of urea groups is 1. The lowest BCUT2D eigenvalue weighted by Gasteiger charge is -2.20. The molecule has 2 amide bonds. The van der Waals surface area contributed by atoms with E-state index in [1.807, 2.05) is 4.72 Å². The monoisotopic (exact) mass is 296 g/mol. The van der Waals surface area contributed by atoms with Crippen molar-refractivity contribution in [3.05, 3.63) is 23.8 Å². The smallest absolute Gasteiger partial charge is 0.329 e. The lowest BCUT2D eigenvalue weighted by Crippen LogP contribution is -2.48. The number of carbonyl (C=O) groups is 1. The van der Waals surface area contributed by atoms with Crippen molar-refractivity contribution in [2.24, 2.45) is 0 Å². The van der Waals surface area contributed by atoms with Crippen LogP contribution in [0.5, 0.6) is 0 Å². The van der Waals surface area contributed by atoms with Crippen LogP contribution in [-0.4, -0.2) is 20.0 Å². The van der Waals surface area contributed by atoms with Crippen molar-refractivity contribution in [2.45, 2.75) is 31.2 Å². The molecule has 0 unspecified atom stereocenters. The Kier molecular flexibility index (Phi) is 4.25. The molecule has 0 aromatic heterocycles. The predicted octanol–water partition coefficient (Wildman–Crippen LogP) is 0.927. The summed E-state index contributed by atoms with van der Waals surface area (Å²) in [5.41, 5.74) is 5.04. The normalized spacial score (nSPS) is 11.5. The third-order valence-corrected chi connectivity index (χ3v) is 3.52. The minimum Gasteiger partial charge on any atom is -0.399 e. The Morgan fingerprint density at radius 2 is 1.95 bits per heavy atom. The van der Waals surface area contributed by atoms with Crippen LogP contribution in [-0.2, 0) is 10.0 Å². The van der Waals surface area contributed by atoms with E-state index in [9.17, 15) is 13.2 Å². The van der Waals surface area contributed by atoms with Crippen LogP contribution in [0.15, 0.2) is 23.1 Å². The third kappa shape index (κ3) is 4.13. The number of anilines is 1. The van der Waals surface area contributed by atoms with Gasteiger partial charge in [-0.1, -0.05) is 0 Å². The molecule has 8 heteroatoms. The number of amides is 2. The van der Waals surface area contributed by atoms with Crippen LogP contribution in [0.1, 0.15) is 26.3 Å². The second kappa shape index (κ2) is 5.38. The van der Waals surface area contributed by atoms with E-state index >= 15 is 0 Å². The van der Waals surface area contributed by atoms with E-state index in [2.05, 4.69) is 5.32 Å². The van der Waals surface area contributed by atoms with Gasteiger partial charge in [-0.3, -0.25) is 0 Å². The summed E-state index contributed by atoms with van der Waals surface area (Å²) < 4.78 is 26.0. The fourth-order valence-corrected chi connectivity index (χ4v) is 2.46. The van der Waals surface area contributed by atoms with Gasteiger partial charge in [0, 0.05) is 11.2 Å². The number of hydrogen-bond acceptors (Lipinski definition) is 5. The molecule has 0 aliphatic rings. The van der Waals surface area contributed by atoms with E-state index in [1.54, 1.807) is 26.8 Å². The second-order valence-corrected chi connectivity index (χ2v) is 6.83. The molecule has 108 valence electrons. The molecule has 0 saturated heterocycles. The van der Waals surface area contributed by atoms with E-state index < -0.39 is 21.6 Å². The fourth-order valence-electron chi connectivity index (χ4n) is 1.41. The summed E-state index contributed by atoms with van der Waals surface area (Å²) in [4.78, 5) is 11.3. The first kappa shape index (κ1) is 15.8. The van der Waals surface area contributed by atoms with E-state index in [0.29, 0.717) is 0 Å². The number of nitrogens with zero attached hydrogens (tertiary/aromatic N) is 1. The average molecular weight is 296 g/mol. The lowest BCUT2D eigenvalue weighted by molar-refractivity contribution is 0.237. The molecule has 0 fully saturated rings. The highest BCUT2D eigenvalue weighted by atomic mass is 32.2. The Labute approximate surface area is 117 Å². The molecule has 0 bridgehead atoms. The van der Waals surface area contributed by atoms with Gasteiger partial charge in [0.15, 0.2) is 0 Å². The molecule has 0 spiro atoms. The highest BCUT2D eigenvalue weighted by molar-refractivity contribution is 7.90. The van der Waals surface area contributed by atoms with Gasteiger partial charge in [0.1, 0.15) is 11.0 Å². The Hall–Kier alpha value is -2.27. The number of nitrogen functional groups attached to an aromatic ring is 1. The van der Waals surface area contributed by atoms with Crippen LogP contribution >= 0.6 is 0 Å². The maximum absolute atomic E-state index is 12.1. The van der Waals surface area contributed by atoms with Crippen molar-refractivity contribution in [1.29, 1.82) is 5.26 Å². The molecule has 1 aromatic carbocycles. The summed E-state index contributed by atoms with van der Waals surface area (Å²) in [5, 5.41) is 11.4. The van der Waals surface area contributed by atoms with E-state index in [1.165, 1.54) is 18.2 Å². The Bertz CT molecular complexity index is 669. The van der Waals surface area contributed by atoms with Crippen molar-refractivity contribution in [3.63, 3.8) is 0 Å². The van der Waals surface area contributed by atoms with Crippen LogP contribution in [0.4, 0.5) is 10.5 Å². The van der Waals surface area contributed by atoms with Crippen molar-refractivity contribution in [1.82, 2.24) is 10.0 Å². The van der Waals surface area contributed by atoms with Gasteiger partial charge in [0.25, 0.3) is 10.0 Å². The van der Waals surface area contributed by atoms with Gasteiger partial charge in [-0.2, -0.15) is 5.26 Å². The molecule has 0 saturated carbocycles. The molecule has 0 aliphatic carbocycles. The van der Waals surface area contributed by atoms with Crippen LogP contribution in [0, 0.1) is 11.3 Å². The van der Waals surface area contributed by atoms with Crippen molar-refractivity contribution in [2.75, 3.05) is 5.73 Å². The molecule has 1 rings (SSSR count). The predicted molar refractivity (Wildman–Crippen MR) is 74.2 cm³/mol. The molecule has 0 atom stereocenters. The van der Waals surface area contributed by atoms with Crippen molar-refractivity contribution in [3.8, 4) is 6.07 Å². The van der Waals surface area contributed by atoms with Crippen LogP contribution in [0.2, 0.25) is 0 Å². The highest BCUT2D eigenvalue weighted by Crippen LogP contribution is 2.17. The molecule has 0 aliphatic heterocycles. The van der Waals surface area contributed by atoms with Crippen molar-refractivity contribution < 1.29 is 13.2 Å². The maximum Gasteiger partial charge on any atom is 0.329 e. The number of benzene rings is 1. The summed E-state index contributed by atoms with van der Waals surface area (Å²) in [7, 11) is -4.13. The van der Waals surface area contributed by atoms with E-state index in [4.69, 9.17) is 11.0 Å². The lowest BCUT2D eigenvalue weighted by atomic mass is 10.1. The minimum absolute atomic E-state index is 0.124. The first-order chi connectivity index (χ1) is 9.05. The molecule has 1 aromatic rings. The van der Waals surface area contributed by atoms with Gasteiger partial charge in [-0.15, -0.1) is 0 Å². The number of nitriles is 1. The topological polar surface area (TPSA) is 125 Å². The standard InChI is InChI=1S/C12H16N4O3S/c1-12(2,3)15-11(17)16-20(18,19)10-5-4-9(14)6-8(10)7-13/h4-6H,14H2,1-3H3,(H2,15,16,17). The fraction of sp³-hybridized carbons (Fsp3) is 0.333. The Balaban J connectivity index is 3.07. The number of sulfonamides is 1. The average Bonchev–Trinajstić information content (AvgIpc) is 2.24. The molecular formula is C12H16N4O3S. The van der Waals surface area contributed by atoms with E-state index in [0.717, 1.165) is 0 Å². The van der Waals surface area contributed by atoms with Gasteiger partial charge in [-0.25, -0.2) is 17.9 Å². The highest BCUT2D eigenvalue weighted by Gasteiger charge is 2.23. The first-order valence-corrected chi connectivity index (χ1v) is 7.18. The Morgan fingerprint density at radius 3 is 2.45 bits per heavy atom. The zero-order chi connectivity index (χ0) is 15.6. The summed E-state index contributed by atoms with van der Waals surface area (Å²) in [5.74, 6) is 0. The summed E-state index contributed by atoms with van der Waals surface area (Å²) >= 11 is 0. The summed E-state index contributed by atoms with van der Waals surface area (Å²) in [6.07, 6.45) is 0. The van der Waals surface area contributed by atoms with Crippen molar-refractivity contribution >= 4 is 21.7 Å². The summed E-state index contributed by atoms with van der Waals surface area (Å²) in [6, 6.07) is 4.63. The van der Waals surface area contributed by atoms with Crippen LogP contribution in [0.3, 0.4) is 0 Å². The van der Waals surface area contributed by atoms with Gasteiger partial charge in [0.2, 0.25) is 0 Å². The van der Waals surface area contributed by atoms with Gasteiger partial charge in [-0.05, 0) is 39.0 Å². The largest absolute Gasteiger partial charge is 0.399 e. The molecule has 7 nitrogen and oxygen atoms in total. The number of nitrogens with one attached hydrogen (secondary N) is 2. The molecular weight excluding hydrogens is 280 g/mol. The van der Waals surface area contributed by atoms with Gasteiger partial charge in [0.05, 0.1) is 5.56 Å². The first-order valence-electron chi connectivity index (χ1n) is 5.70. The molecule has 0 heterocycles. The van der Waals surface area contributed by atoms with Gasteiger partial charge >= 0.3 is 6.03 Å². The number of carbonyl (C=O) groups excluding carboxylic acids is 1. The van der Waals surface area contributed by atoms with E-state index in [-0.39, 0.29) is 16.1 Å². The Morgan fingerprint density at radius 1 is 1.35 bits per heavy atom. The van der Waals surface area contributed by atoms with Gasteiger partial charge < -0.3 is 11.1 Å². The zero-order valence-electron chi connectivity index (χ0n) is 11.4. The summed E-state index contributed by atoms with van der Waals surface area (Å²) in [6.45, 7) is 5.13. The maximum atomic E-state index is 12.1. The number of rotatable bonds is 2. The molecule has 20 heavy (non-hydrogen) atoms. The second-order valence-electron chi connectivity index (χ2n) is 5.18. The van der Waals surface area contributed by atoms with Crippen LogP contribution < -0.4 is 15.8 Å². The zero-order valence-corrected chi connectivity index (χ0v) is 12.2. The third-order valence-electron chi connectivity index (χ3n) is 2.13. The quantitative estimate of drug-likeness (QED) is 0.700. The SMILES string of the molecule is CC(C)(C)NC(=O)NS(=O)(=O)c1ccc(N)cc1C#N. The molecule has 4 N–H and O–H groups in total. The minimum atomic E-state index is -4.13. The molecule has 0 radical (unpaired) electrons. The van der Waals surface area contributed by atoms with Crippen LogP contribution in [0.25, 0.3) is 0 Å². The number of hydrogen-bond donors (Lipinski definition) is 3. The number of nitrogens with two attached hydrogens (primary N) is 1.